The fourth-order valence-corrected chi connectivity index (χ4v) is 4.63. The van der Waals surface area contributed by atoms with Crippen LogP contribution in [0.15, 0.2) is 30.5 Å². The quantitative estimate of drug-likeness (QED) is 0.917. The van der Waals surface area contributed by atoms with Crippen molar-refractivity contribution in [2.45, 2.75) is 51.4 Å². The minimum Gasteiger partial charge on any atom is -0.373 e. The average Bonchev–Trinajstić information content (AvgIpc) is 3.21. The molecule has 1 N–H and O–H groups in total. The maximum Gasteiger partial charge on any atom is 0.227 e. The molecule has 2 aliphatic heterocycles. The number of hydrogen-bond acceptors (Lipinski definition) is 3. The maximum absolute atomic E-state index is 13.0. The summed E-state index contributed by atoms with van der Waals surface area (Å²) >= 11 is 0. The van der Waals surface area contributed by atoms with E-state index in [1.165, 1.54) is 0 Å². The number of aromatic nitrogens is 1. The minimum absolute atomic E-state index is 0.256. The van der Waals surface area contributed by atoms with Crippen LogP contribution in [0.3, 0.4) is 0 Å². The highest BCUT2D eigenvalue weighted by Crippen LogP contribution is 2.24. The standard InChI is InChI=1S/C21H29N3O2/c1-15-12-23(13-16(2)26-15)14-18-6-5-9-24(18)21(25)10-17-11-22-20-8-4-3-7-19(17)20/h3-4,7-8,11,15-16,18,22H,5-6,9-10,12-14H2,1-2H3/t15-,16+,18-/m0/s1. The van der Waals surface area contributed by atoms with Gasteiger partial charge in [0.15, 0.2) is 0 Å². The molecule has 2 fully saturated rings. The SMILES string of the molecule is C[C@@H]1CN(C[C@@H]2CCCN2C(=O)Cc2c[nH]c3ccccc23)C[C@H](C)O1. The molecule has 2 aromatic rings. The Bertz CT molecular complexity index is 761. The number of likely N-dealkylation sites (tertiary alicyclic amines) is 1. The van der Waals surface area contributed by atoms with Crippen LogP contribution in [0.1, 0.15) is 32.3 Å². The lowest BCUT2D eigenvalue weighted by Gasteiger charge is -2.38. The van der Waals surface area contributed by atoms with Gasteiger partial charge in [-0.15, -0.1) is 0 Å². The number of para-hydroxylation sites is 1. The van der Waals surface area contributed by atoms with Crippen LogP contribution in [0, 0.1) is 0 Å². The molecule has 4 rings (SSSR count). The molecule has 5 heteroatoms. The summed E-state index contributed by atoms with van der Waals surface area (Å²) in [6.07, 6.45) is 5.24. The van der Waals surface area contributed by atoms with Gasteiger partial charge in [-0.1, -0.05) is 18.2 Å². The molecule has 140 valence electrons. The van der Waals surface area contributed by atoms with Gasteiger partial charge in [0, 0.05) is 49.3 Å². The van der Waals surface area contributed by atoms with Crippen molar-refractivity contribution < 1.29 is 9.53 Å². The van der Waals surface area contributed by atoms with Crippen molar-refractivity contribution in [2.75, 3.05) is 26.2 Å². The van der Waals surface area contributed by atoms with Gasteiger partial charge in [0.05, 0.1) is 18.6 Å². The van der Waals surface area contributed by atoms with Crippen LogP contribution in [0.2, 0.25) is 0 Å². The van der Waals surface area contributed by atoms with Gasteiger partial charge >= 0.3 is 0 Å². The molecular formula is C21H29N3O2. The first kappa shape index (κ1) is 17.6. The number of benzene rings is 1. The van der Waals surface area contributed by atoms with Gasteiger partial charge in [0.1, 0.15) is 0 Å². The number of H-pyrrole nitrogens is 1. The van der Waals surface area contributed by atoms with E-state index in [9.17, 15) is 4.79 Å². The van der Waals surface area contributed by atoms with Crippen LogP contribution in [-0.4, -0.2) is 65.1 Å². The Hall–Kier alpha value is -1.85. The summed E-state index contributed by atoms with van der Waals surface area (Å²) in [5, 5.41) is 1.16. The van der Waals surface area contributed by atoms with E-state index in [-0.39, 0.29) is 18.1 Å². The molecule has 26 heavy (non-hydrogen) atoms. The average molecular weight is 355 g/mol. The number of aromatic amines is 1. The third-order valence-corrected chi connectivity index (χ3v) is 5.68. The first-order chi connectivity index (χ1) is 12.6. The highest BCUT2D eigenvalue weighted by atomic mass is 16.5. The predicted molar refractivity (Wildman–Crippen MR) is 103 cm³/mol. The second-order valence-corrected chi connectivity index (χ2v) is 7.90. The summed E-state index contributed by atoms with van der Waals surface area (Å²) in [4.78, 5) is 20.9. The minimum atomic E-state index is 0.256. The third-order valence-electron chi connectivity index (χ3n) is 5.68. The Kier molecular flexibility index (Phi) is 5.00. The lowest BCUT2D eigenvalue weighted by atomic mass is 10.1. The summed E-state index contributed by atoms with van der Waals surface area (Å²) < 4.78 is 5.84. The van der Waals surface area contributed by atoms with Crippen LogP contribution in [0.25, 0.3) is 10.9 Å². The molecule has 2 saturated heterocycles. The van der Waals surface area contributed by atoms with Crippen LogP contribution < -0.4 is 0 Å². The number of carbonyl (C=O) groups is 1. The summed E-state index contributed by atoms with van der Waals surface area (Å²) in [5.74, 6) is 0.256. The van der Waals surface area contributed by atoms with E-state index in [4.69, 9.17) is 4.74 Å². The van der Waals surface area contributed by atoms with Gasteiger partial charge in [-0.05, 0) is 38.3 Å². The Morgan fingerprint density at radius 2 is 2.00 bits per heavy atom. The molecule has 1 amide bonds. The van der Waals surface area contributed by atoms with Crippen LogP contribution in [0.4, 0.5) is 0 Å². The van der Waals surface area contributed by atoms with E-state index in [0.29, 0.717) is 12.5 Å². The molecule has 0 spiro atoms. The Morgan fingerprint density at radius 1 is 1.23 bits per heavy atom. The second kappa shape index (κ2) is 7.41. The van der Waals surface area contributed by atoms with Crippen molar-refractivity contribution >= 4 is 16.8 Å². The molecule has 1 aromatic heterocycles. The van der Waals surface area contributed by atoms with E-state index in [2.05, 4.69) is 40.8 Å². The van der Waals surface area contributed by atoms with Gasteiger partial charge in [0.25, 0.3) is 0 Å². The van der Waals surface area contributed by atoms with Crippen molar-refractivity contribution in [3.8, 4) is 0 Å². The molecule has 2 aliphatic rings. The highest BCUT2D eigenvalue weighted by Gasteiger charge is 2.32. The van der Waals surface area contributed by atoms with Crippen molar-refractivity contribution in [2.24, 2.45) is 0 Å². The van der Waals surface area contributed by atoms with Gasteiger partial charge in [-0.3, -0.25) is 9.69 Å². The molecule has 0 bridgehead atoms. The Balaban J connectivity index is 1.42. The van der Waals surface area contributed by atoms with Crippen LogP contribution >= 0.6 is 0 Å². The molecular weight excluding hydrogens is 326 g/mol. The zero-order valence-corrected chi connectivity index (χ0v) is 15.8. The van der Waals surface area contributed by atoms with Gasteiger partial charge in [-0.25, -0.2) is 0 Å². The summed E-state index contributed by atoms with van der Waals surface area (Å²) in [5.41, 5.74) is 2.20. The zero-order valence-electron chi connectivity index (χ0n) is 15.8. The number of nitrogens with one attached hydrogen (secondary N) is 1. The number of carbonyl (C=O) groups excluding carboxylic acids is 1. The topological polar surface area (TPSA) is 48.6 Å². The fourth-order valence-electron chi connectivity index (χ4n) is 4.63. The number of amides is 1. The number of nitrogens with zero attached hydrogens (tertiary/aromatic N) is 2. The first-order valence-corrected chi connectivity index (χ1v) is 9.82. The van der Waals surface area contributed by atoms with E-state index in [1.54, 1.807) is 0 Å². The van der Waals surface area contributed by atoms with Crippen molar-refractivity contribution in [3.63, 3.8) is 0 Å². The fraction of sp³-hybridized carbons (Fsp3) is 0.571. The molecule has 3 atom stereocenters. The molecule has 0 saturated carbocycles. The monoisotopic (exact) mass is 355 g/mol. The number of fused-ring (bicyclic) bond motifs is 1. The number of hydrogen-bond donors (Lipinski definition) is 1. The number of ether oxygens (including phenoxy) is 1. The number of rotatable bonds is 4. The van der Waals surface area contributed by atoms with Crippen molar-refractivity contribution in [1.29, 1.82) is 0 Å². The van der Waals surface area contributed by atoms with Gasteiger partial charge < -0.3 is 14.6 Å². The Morgan fingerprint density at radius 3 is 2.81 bits per heavy atom. The van der Waals surface area contributed by atoms with Gasteiger partial charge in [0.2, 0.25) is 5.91 Å². The molecule has 0 aliphatic carbocycles. The first-order valence-electron chi connectivity index (χ1n) is 9.82. The second-order valence-electron chi connectivity index (χ2n) is 7.90. The molecule has 0 radical (unpaired) electrons. The van der Waals surface area contributed by atoms with Crippen molar-refractivity contribution in [1.82, 2.24) is 14.8 Å². The summed E-state index contributed by atoms with van der Waals surface area (Å²) in [6, 6.07) is 8.54. The smallest absolute Gasteiger partial charge is 0.227 e. The van der Waals surface area contributed by atoms with Crippen molar-refractivity contribution in [3.05, 3.63) is 36.0 Å². The third kappa shape index (κ3) is 3.64. The molecule has 5 nitrogen and oxygen atoms in total. The normalized spacial score (nSPS) is 27.3. The van der Waals surface area contributed by atoms with E-state index >= 15 is 0 Å². The summed E-state index contributed by atoms with van der Waals surface area (Å²) in [6.45, 7) is 8.06. The van der Waals surface area contributed by atoms with E-state index in [1.807, 2.05) is 18.3 Å². The van der Waals surface area contributed by atoms with E-state index < -0.39 is 0 Å². The van der Waals surface area contributed by atoms with Crippen LogP contribution in [-0.2, 0) is 16.0 Å². The Labute approximate surface area is 155 Å². The lowest BCUT2D eigenvalue weighted by Crippen LogP contribution is -2.51. The summed E-state index contributed by atoms with van der Waals surface area (Å²) in [7, 11) is 0. The zero-order chi connectivity index (χ0) is 18.1. The highest BCUT2D eigenvalue weighted by molar-refractivity contribution is 5.89. The molecule has 1 aromatic carbocycles. The largest absolute Gasteiger partial charge is 0.373 e. The molecule has 0 unspecified atom stereocenters. The van der Waals surface area contributed by atoms with Crippen LogP contribution in [0.5, 0.6) is 0 Å². The van der Waals surface area contributed by atoms with E-state index in [0.717, 1.165) is 55.5 Å². The number of morpholine rings is 1. The maximum atomic E-state index is 13.0. The molecule has 3 heterocycles. The predicted octanol–water partition coefficient (Wildman–Crippen LogP) is 2.81. The van der Waals surface area contributed by atoms with Gasteiger partial charge in [-0.2, -0.15) is 0 Å². The lowest BCUT2D eigenvalue weighted by molar-refractivity contribution is -0.132.